The molecule has 134 valence electrons. The van der Waals surface area contributed by atoms with Crippen molar-refractivity contribution in [3.05, 3.63) is 45.5 Å². The van der Waals surface area contributed by atoms with Crippen LogP contribution in [0.15, 0.2) is 28.5 Å². The van der Waals surface area contributed by atoms with Gasteiger partial charge in [-0.15, -0.1) is 11.3 Å². The van der Waals surface area contributed by atoms with Crippen LogP contribution in [0.2, 0.25) is 5.02 Å². The molecule has 1 N–H and O–H groups in total. The minimum absolute atomic E-state index is 0.00962. The van der Waals surface area contributed by atoms with Gasteiger partial charge < -0.3 is 4.90 Å². The Labute approximate surface area is 154 Å². The van der Waals surface area contributed by atoms with Crippen molar-refractivity contribution in [1.82, 2.24) is 4.90 Å². The highest BCUT2D eigenvalue weighted by atomic mass is 35.5. The number of halogens is 2. The highest BCUT2D eigenvalue weighted by Gasteiger charge is 2.26. The zero-order chi connectivity index (χ0) is 18.2. The molecule has 0 aliphatic carbocycles. The van der Waals surface area contributed by atoms with E-state index in [2.05, 4.69) is 4.72 Å². The summed E-state index contributed by atoms with van der Waals surface area (Å²) in [7, 11) is -3.83. The van der Waals surface area contributed by atoms with E-state index >= 15 is 0 Å². The van der Waals surface area contributed by atoms with E-state index in [0.717, 1.165) is 22.6 Å². The van der Waals surface area contributed by atoms with Gasteiger partial charge in [0.15, 0.2) is 0 Å². The molecule has 0 radical (unpaired) electrons. The van der Waals surface area contributed by atoms with E-state index in [9.17, 15) is 17.6 Å². The summed E-state index contributed by atoms with van der Waals surface area (Å²) in [5.41, 5.74) is 0.973. The summed E-state index contributed by atoms with van der Waals surface area (Å²) in [6.45, 7) is 2.82. The number of rotatable bonds is 4. The number of carbonyl (C=O) groups excluding carboxylic acids is 1. The van der Waals surface area contributed by atoms with Gasteiger partial charge in [-0.05, 0) is 36.2 Å². The van der Waals surface area contributed by atoms with Crippen LogP contribution >= 0.6 is 22.9 Å². The Morgan fingerprint density at radius 2 is 2.16 bits per heavy atom. The van der Waals surface area contributed by atoms with Crippen LogP contribution in [-0.4, -0.2) is 25.8 Å². The van der Waals surface area contributed by atoms with E-state index in [4.69, 9.17) is 11.6 Å². The fourth-order valence-corrected chi connectivity index (χ4v) is 5.54. The smallest absolute Gasteiger partial charge is 0.271 e. The minimum Gasteiger partial charge on any atom is -0.338 e. The monoisotopic (exact) mass is 402 g/mol. The first kappa shape index (κ1) is 18.2. The van der Waals surface area contributed by atoms with Crippen LogP contribution < -0.4 is 4.72 Å². The second-order valence-corrected chi connectivity index (χ2v) is 9.12. The standard InChI is InChI=1S/C16H16ClFN2O3S2/c1-2-15(21)20-6-5-14-10(9-20)7-16(24-14)25(22,23)19-13-4-3-11(18)8-12(13)17/h3-4,7-8,19H,2,5-6,9H2,1H3. The molecule has 0 bridgehead atoms. The number of hydrogen-bond donors (Lipinski definition) is 1. The van der Waals surface area contributed by atoms with Crippen LogP contribution in [0.4, 0.5) is 10.1 Å². The molecule has 9 heteroatoms. The number of fused-ring (bicyclic) bond motifs is 1. The molecule has 2 heterocycles. The third-order valence-corrected chi connectivity index (χ3v) is 7.33. The average Bonchev–Trinajstić information content (AvgIpc) is 3.01. The molecular formula is C16H16ClFN2O3S2. The number of nitrogens with zero attached hydrogens (tertiary/aromatic N) is 1. The molecule has 1 amide bonds. The normalized spacial score (nSPS) is 14.3. The maximum Gasteiger partial charge on any atom is 0.271 e. The lowest BCUT2D eigenvalue weighted by Gasteiger charge is -2.26. The average molecular weight is 403 g/mol. The molecule has 0 spiro atoms. The van der Waals surface area contributed by atoms with Gasteiger partial charge in [-0.25, -0.2) is 12.8 Å². The number of thiophene rings is 1. The Bertz CT molecular complexity index is 927. The Balaban J connectivity index is 1.85. The number of carbonyl (C=O) groups is 1. The van der Waals surface area contributed by atoms with Gasteiger partial charge >= 0.3 is 0 Å². The van der Waals surface area contributed by atoms with Crippen LogP contribution in [-0.2, 0) is 27.8 Å². The zero-order valence-corrected chi connectivity index (χ0v) is 15.8. The van der Waals surface area contributed by atoms with E-state index in [1.54, 1.807) is 17.9 Å². The molecule has 2 aromatic rings. The van der Waals surface area contributed by atoms with Crippen molar-refractivity contribution in [1.29, 1.82) is 0 Å². The number of hydrogen-bond acceptors (Lipinski definition) is 4. The van der Waals surface area contributed by atoms with E-state index in [1.807, 2.05) is 0 Å². The predicted molar refractivity (Wildman–Crippen MR) is 95.9 cm³/mol. The molecule has 1 aliphatic rings. The van der Waals surface area contributed by atoms with Crippen LogP contribution in [0, 0.1) is 5.82 Å². The number of nitrogens with one attached hydrogen (secondary N) is 1. The SMILES string of the molecule is CCC(=O)N1CCc2sc(S(=O)(=O)Nc3ccc(F)cc3Cl)cc2C1. The van der Waals surface area contributed by atoms with Gasteiger partial charge in [0, 0.05) is 24.4 Å². The summed E-state index contributed by atoms with van der Waals surface area (Å²) in [6.07, 6.45) is 1.06. The minimum atomic E-state index is -3.83. The van der Waals surface area contributed by atoms with Crippen molar-refractivity contribution in [2.75, 3.05) is 11.3 Å². The number of sulfonamides is 1. The van der Waals surface area contributed by atoms with Crippen LogP contribution in [0.5, 0.6) is 0 Å². The number of benzene rings is 1. The first-order valence-electron chi connectivity index (χ1n) is 7.67. The maximum atomic E-state index is 13.1. The molecular weight excluding hydrogens is 387 g/mol. The van der Waals surface area contributed by atoms with Gasteiger partial charge in [0.05, 0.1) is 10.7 Å². The topological polar surface area (TPSA) is 66.5 Å². The first-order valence-corrected chi connectivity index (χ1v) is 10.3. The fourth-order valence-electron chi connectivity index (χ4n) is 2.64. The third kappa shape index (κ3) is 3.80. The molecule has 1 aliphatic heterocycles. The summed E-state index contributed by atoms with van der Waals surface area (Å²) < 4.78 is 40.8. The summed E-state index contributed by atoms with van der Waals surface area (Å²) in [6, 6.07) is 5.06. The third-order valence-electron chi connectivity index (χ3n) is 3.94. The highest BCUT2D eigenvalue weighted by molar-refractivity contribution is 7.94. The molecule has 1 aromatic carbocycles. The van der Waals surface area contributed by atoms with Gasteiger partial charge in [-0.1, -0.05) is 18.5 Å². The lowest BCUT2D eigenvalue weighted by atomic mass is 10.1. The lowest BCUT2D eigenvalue weighted by Crippen LogP contribution is -2.34. The summed E-state index contributed by atoms with van der Waals surface area (Å²) in [5.74, 6) is -0.488. The first-order chi connectivity index (χ1) is 11.8. The number of amides is 1. The van der Waals surface area contributed by atoms with Crippen LogP contribution in [0.1, 0.15) is 23.8 Å². The maximum absolute atomic E-state index is 13.1. The van der Waals surface area contributed by atoms with Gasteiger partial charge in [0.2, 0.25) is 5.91 Å². The van der Waals surface area contributed by atoms with Gasteiger partial charge in [-0.3, -0.25) is 9.52 Å². The molecule has 0 saturated heterocycles. The molecule has 0 atom stereocenters. The predicted octanol–water partition coefficient (Wildman–Crippen LogP) is 3.64. The quantitative estimate of drug-likeness (QED) is 0.849. The highest BCUT2D eigenvalue weighted by Crippen LogP contribution is 2.33. The van der Waals surface area contributed by atoms with E-state index in [-0.39, 0.29) is 20.8 Å². The summed E-state index contributed by atoms with van der Waals surface area (Å²) in [4.78, 5) is 14.5. The Morgan fingerprint density at radius 1 is 1.40 bits per heavy atom. The Morgan fingerprint density at radius 3 is 2.84 bits per heavy atom. The number of anilines is 1. The molecule has 3 rings (SSSR count). The molecule has 0 unspecified atom stereocenters. The van der Waals surface area contributed by atoms with Crippen molar-refractivity contribution >= 4 is 44.6 Å². The molecule has 25 heavy (non-hydrogen) atoms. The second-order valence-electron chi connectivity index (χ2n) is 5.66. The van der Waals surface area contributed by atoms with Crippen molar-refractivity contribution in [2.45, 2.75) is 30.5 Å². The van der Waals surface area contributed by atoms with Gasteiger partial charge in [0.1, 0.15) is 10.0 Å². The van der Waals surface area contributed by atoms with Crippen molar-refractivity contribution in [2.24, 2.45) is 0 Å². The van der Waals surface area contributed by atoms with Crippen LogP contribution in [0.25, 0.3) is 0 Å². The Kier molecular flexibility index (Phi) is 5.04. The molecule has 0 fully saturated rings. The Hall–Kier alpha value is -1.64. The lowest BCUT2D eigenvalue weighted by molar-refractivity contribution is -0.131. The van der Waals surface area contributed by atoms with Gasteiger partial charge in [0.25, 0.3) is 10.0 Å². The van der Waals surface area contributed by atoms with Crippen molar-refractivity contribution < 1.29 is 17.6 Å². The molecule has 0 saturated carbocycles. The summed E-state index contributed by atoms with van der Waals surface area (Å²) in [5, 5.41) is -0.00962. The summed E-state index contributed by atoms with van der Waals surface area (Å²) >= 11 is 7.07. The van der Waals surface area contributed by atoms with E-state index in [0.29, 0.717) is 25.9 Å². The molecule has 1 aromatic heterocycles. The second kappa shape index (κ2) is 6.93. The van der Waals surface area contributed by atoms with E-state index in [1.165, 1.54) is 17.4 Å². The molecule has 5 nitrogen and oxygen atoms in total. The largest absolute Gasteiger partial charge is 0.338 e. The van der Waals surface area contributed by atoms with Crippen molar-refractivity contribution in [3.63, 3.8) is 0 Å². The fraction of sp³-hybridized carbons (Fsp3) is 0.312. The van der Waals surface area contributed by atoms with Gasteiger partial charge in [-0.2, -0.15) is 0 Å². The van der Waals surface area contributed by atoms with E-state index < -0.39 is 15.8 Å². The van der Waals surface area contributed by atoms with Crippen LogP contribution in [0.3, 0.4) is 0 Å². The van der Waals surface area contributed by atoms with Crippen molar-refractivity contribution in [3.8, 4) is 0 Å². The zero-order valence-electron chi connectivity index (χ0n) is 13.4.